The summed E-state index contributed by atoms with van der Waals surface area (Å²) in [6.45, 7) is 4.18. The highest BCUT2D eigenvalue weighted by Crippen LogP contribution is 2.32. The maximum absolute atomic E-state index is 12.9. The van der Waals surface area contributed by atoms with Crippen LogP contribution in [0.2, 0.25) is 0 Å². The summed E-state index contributed by atoms with van der Waals surface area (Å²) in [6, 6.07) is 12.6. The molecule has 3 aromatic rings. The SMILES string of the molecule is CCOc1ccc(S(=O)(=O)Nc2ccc(S(=O)(=O)Nc3cccc(C(F)(F)F)c3)cc2)cc1OCC. The Hall–Kier alpha value is -3.45. The van der Waals surface area contributed by atoms with Crippen molar-refractivity contribution in [2.75, 3.05) is 22.7 Å². The lowest BCUT2D eigenvalue weighted by molar-refractivity contribution is -0.137. The molecule has 0 aliphatic rings. The first-order valence-corrected chi connectivity index (χ1v) is 13.5. The van der Waals surface area contributed by atoms with Crippen molar-refractivity contribution in [1.29, 1.82) is 0 Å². The van der Waals surface area contributed by atoms with Crippen LogP contribution < -0.4 is 18.9 Å². The van der Waals surface area contributed by atoms with Crippen LogP contribution in [0.4, 0.5) is 24.5 Å². The molecule has 13 heteroatoms. The van der Waals surface area contributed by atoms with Gasteiger partial charge in [-0.15, -0.1) is 0 Å². The van der Waals surface area contributed by atoms with Gasteiger partial charge in [-0.2, -0.15) is 13.2 Å². The Labute approximate surface area is 207 Å². The van der Waals surface area contributed by atoms with Crippen LogP contribution in [0.5, 0.6) is 11.5 Å². The summed E-state index contributed by atoms with van der Waals surface area (Å²) >= 11 is 0. The van der Waals surface area contributed by atoms with E-state index in [1.54, 1.807) is 13.8 Å². The van der Waals surface area contributed by atoms with Crippen molar-refractivity contribution >= 4 is 31.4 Å². The van der Waals surface area contributed by atoms with Crippen LogP contribution in [-0.2, 0) is 26.2 Å². The molecule has 0 aromatic heterocycles. The summed E-state index contributed by atoms with van der Waals surface area (Å²) in [4.78, 5) is -0.375. The van der Waals surface area contributed by atoms with Gasteiger partial charge in [0.15, 0.2) is 11.5 Å². The lowest BCUT2D eigenvalue weighted by Crippen LogP contribution is -2.15. The summed E-state index contributed by atoms with van der Waals surface area (Å²) in [5, 5.41) is 0. The number of hydrogen-bond donors (Lipinski definition) is 2. The van der Waals surface area contributed by atoms with Gasteiger partial charge in [-0.25, -0.2) is 16.8 Å². The van der Waals surface area contributed by atoms with Gasteiger partial charge in [0.2, 0.25) is 0 Å². The number of alkyl halides is 3. The van der Waals surface area contributed by atoms with Crippen molar-refractivity contribution in [1.82, 2.24) is 0 Å². The molecule has 194 valence electrons. The van der Waals surface area contributed by atoms with Crippen LogP contribution in [0.3, 0.4) is 0 Å². The van der Waals surface area contributed by atoms with Crippen molar-refractivity contribution in [3.63, 3.8) is 0 Å². The summed E-state index contributed by atoms with van der Waals surface area (Å²) in [7, 11) is -8.29. The predicted molar refractivity (Wildman–Crippen MR) is 128 cm³/mol. The quantitative estimate of drug-likeness (QED) is 0.367. The van der Waals surface area contributed by atoms with Gasteiger partial charge in [0.05, 0.1) is 28.6 Å². The second-order valence-electron chi connectivity index (χ2n) is 7.29. The van der Waals surface area contributed by atoms with E-state index in [2.05, 4.69) is 9.44 Å². The zero-order valence-electron chi connectivity index (χ0n) is 19.2. The van der Waals surface area contributed by atoms with Crippen molar-refractivity contribution in [2.24, 2.45) is 0 Å². The van der Waals surface area contributed by atoms with Gasteiger partial charge in [-0.3, -0.25) is 9.44 Å². The molecule has 3 aromatic carbocycles. The molecule has 8 nitrogen and oxygen atoms in total. The van der Waals surface area contributed by atoms with E-state index in [9.17, 15) is 30.0 Å². The summed E-state index contributed by atoms with van der Waals surface area (Å²) in [6.07, 6.45) is -4.63. The highest BCUT2D eigenvalue weighted by Gasteiger charge is 2.30. The zero-order valence-corrected chi connectivity index (χ0v) is 20.8. The molecule has 0 atom stereocenters. The third-order valence-corrected chi connectivity index (χ3v) is 7.46. The van der Waals surface area contributed by atoms with Crippen molar-refractivity contribution < 1.29 is 39.5 Å². The maximum Gasteiger partial charge on any atom is 0.416 e. The van der Waals surface area contributed by atoms with Gasteiger partial charge >= 0.3 is 6.18 Å². The van der Waals surface area contributed by atoms with Crippen LogP contribution in [-0.4, -0.2) is 30.0 Å². The van der Waals surface area contributed by atoms with Gasteiger partial charge in [0.25, 0.3) is 20.0 Å². The van der Waals surface area contributed by atoms with Crippen LogP contribution in [0, 0.1) is 0 Å². The monoisotopic (exact) mass is 544 g/mol. The highest BCUT2D eigenvalue weighted by molar-refractivity contribution is 7.93. The number of nitrogens with one attached hydrogen (secondary N) is 2. The van der Waals surface area contributed by atoms with Crippen LogP contribution in [0.25, 0.3) is 0 Å². The Morgan fingerprint density at radius 1 is 0.694 bits per heavy atom. The third-order valence-electron chi connectivity index (χ3n) is 4.68. The minimum Gasteiger partial charge on any atom is -0.490 e. The second kappa shape index (κ2) is 10.7. The Kier molecular flexibility index (Phi) is 8.04. The number of ether oxygens (including phenoxy) is 2. The fourth-order valence-corrected chi connectivity index (χ4v) is 5.21. The molecule has 36 heavy (non-hydrogen) atoms. The number of rotatable bonds is 10. The van der Waals surface area contributed by atoms with Crippen molar-refractivity contribution in [3.8, 4) is 11.5 Å². The fourth-order valence-electron chi connectivity index (χ4n) is 3.09. The Morgan fingerprint density at radius 2 is 1.25 bits per heavy atom. The first-order chi connectivity index (χ1) is 16.9. The molecule has 0 bridgehead atoms. The summed E-state index contributed by atoms with van der Waals surface area (Å²) in [5.41, 5.74) is -1.20. The molecule has 3 rings (SSSR count). The maximum atomic E-state index is 12.9. The first-order valence-electron chi connectivity index (χ1n) is 10.6. The molecule has 0 heterocycles. The standard InChI is InChI=1S/C23H23F3N2O6S2/c1-3-33-21-13-12-20(15-22(21)34-4-2)36(31,32)27-17-8-10-19(11-9-17)35(29,30)28-18-7-5-6-16(14-18)23(24,25)26/h5-15,27-28H,3-4H2,1-2H3. The van der Waals surface area contributed by atoms with Crippen molar-refractivity contribution in [3.05, 3.63) is 72.3 Å². The van der Waals surface area contributed by atoms with E-state index in [-0.39, 0.29) is 26.9 Å². The lowest BCUT2D eigenvalue weighted by atomic mass is 10.2. The minimum absolute atomic E-state index is 0.0693. The topological polar surface area (TPSA) is 111 Å². The van der Waals surface area contributed by atoms with E-state index in [1.807, 2.05) is 0 Å². The highest BCUT2D eigenvalue weighted by atomic mass is 32.2. The molecule has 2 N–H and O–H groups in total. The molecule has 0 fully saturated rings. The molecule has 0 aliphatic carbocycles. The van der Waals surface area contributed by atoms with Crippen LogP contribution in [0.1, 0.15) is 19.4 Å². The number of anilines is 2. The van der Waals surface area contributed by atoms with Crippen LogP contribution >= 0.6 is 0 Å². The predicted octanol–water partition coefficient (Wildman–Crippen LogP) is 5.10. The van der Waals surface area contributed by atoms with Crippen LogP contribution in [0.15, 0.2) is 76.5 Å². The van der Waals surface area contributed by atoms with Gasteiger partial charge in [-0.05, 0) is 68.4 Å². The fraction of sp³-hybridized carbons (Fsp3) is 0.217. The Morgan fingerprint density at radius 3 is 1.86 bits per heavy atom. The molecule has 0 spiro atoms. The zero-order chi connectivity index (χ0) is 26.6. The van der Waals surface area contributed by atoms with Gasteiger partial charge in [-0.1, -0.05) is 6.07 Å². The van der Waals surface area contributed by atoms with E-state index in [0.29, 0.717) is 25.0 Å². The number of hydrogen-bond acceptors (Lipinski definition) is 6. The smallest absolute Gasteiger partial charge is 0.416 e. The largest absolute Gasteiger partial charge is 0.490 e. The minimum atomic E-state index is -4.63. The summed E-state index contributed by atoms with van der Waals surface area (Å²) in [5.74, 6) is 0.644. The Balaban J connectivity index is 1.79. The number of halogens is 3. The molecular weight excluding hydrogens is 521 g/mol. The van der Waals surface area contributed by atoms with E-state index in [4.69, 9.17) is 9.47 Å². The number of sulfonamides is 2. The second-order valence-corrected chi connectivity index (χ2v) is 10.7. The van der Waals surface area contributed by atoms with E-state index >= 15 is 0 Å². The van der Waals surface area contributed by atoms with Crippen molar-refractivity contribution in [2.45, 2.75) is 29.8 Å². The Bertz CT molecular complexity index is 1420. The number of benzene rings is 3. The average Bonchev–Trinajstić information content (AvgIpc) is 2.80. The molecule has 0 aliphatic heterocycles. The molecular formula is C23H23F3N2O6S2. The molecule has 0 unspecified atom stereocenters. The van der Waals surface area contributed by atoms with E-state index < -0.39 is 31.8 Å². The molecule has 0 saturated heterocycles. The van der Waals surface area contributed by atoms with Gasteiger partial charge in [0, 0.05) is 17.4 Å². The average molecular weight is 545 g/mol. The van der Waals surface area contributed by atoms with Gasteiger partial charge in [0.1, 0.15) is 0 Å². The molecule has 0 radical (unpaired) electrons. The summed E-state index contributed by atoms with van der Waals surface area (Å²) < 4.78 is 105. The molecule has 0 amide bonds. The van der Waals surface area contributed by atoms with E-state index in [0.717, 1.165) is 24.3 Å². The molecule has 0 saturated carbocycles. The van der Waals surface area contributed by atoms with Gasteiger partial charge < -0.3 is 9.47 Å². The van der Waals surface area contributed by atoms with E-state index in [1.165, 1.54) is 36.4 Å². The normalized spacial score (nSPS) is 12.1. The third kappa shape index (κ3) is 6.61. The first kappa shape index (κ1) is 27.1. The lowest BCUT2D eigenvalue weighted by Gasteiger charge is -2.14.